The van der Waals surface area contributed by atoms with Gasteiger partial charge in [0.05, 0.1) is 11.4 Å². The van der Waals surface area contributed by atoms with Crippen LogP contribution in [-0.4, -0.2) is 52.7 Å². The number of benzene rings is 1. The molecule has 0 bridgehead atoms. The Kier molecular flexibility index (Phi) is 5.70. The van der Waals surface area contributed by atoms with Crippen LogP contribution < -0.4 is 5.01 Å². The summed E-state index contributed by atoms with van der Waals surface area (Å²) in [5, 5.41) is 2.91. The number of carbonyl (C=O) groups excluding carboxylic acids is 2. The molecule has 8 nitrogen and oxygen atoms in total. The van der Waals surface area contributed by atoms with E-state index < -0.39 is 5.92 Å². The third-order valence-corrected chi connectivity index (χ3v) is 3.96. The number of hydrogen-bond acceptors (Lipinski definition) is 4. The standard InChI is InChI=1S/C16H20N4O2.2H2O/c1-5-6-11-14(21)19-13-9-10(2)7-8-12(13)17-16(18(3)4)20(19)15(11)22;;/h7-9,11H,5-6H2,1-4H3;2*1H2. The number of rotatable bonds is 2. The van der Waals surface area contributed by atoms with E-state index in [1.54, 1.807) is 4.90 Å². The fraction of sp³-hybridized carbons (Fsp3) is 0.438. The highest BCUT2D eigenvalue weighted by molar-refractivity contribution is 6.22. The maximum atomic E-state index is 12.8. The molecule has 2 amide bonds. The van der Waals surface area contributed by atoms with Crippen LogP contribution in [0.3, 0.4) is 0 Å². The number of carbonyl (C=O) groups is 2. The molecule has 0 aliphatic carbocycles. The number of aliphatic imine (C=N–C) groups is 1. The summed E-state index contributed by atoms with van der Waals surface area (Å²) < 4.78 is 0. The van der Waals surface area contributed by atoms with Gasteiger partial charge < -0.3 is 15.9 Å². The Bertz CT molecular complexity index is 687. The van der Waals surface area contributed by atoms with Crippen molar-refractivity contribution in [1.29, 1.82) is 0 Å². The average Bonchev–Trinajstić information content (AvgIpc) is 2.72. The van der Waals surface area contributed by atoms with E-state index in [9.17, 15) is 9.59 Å². The third kappa shape index (κ3) is 2.74. The van der Waals surface area contributed by atoms with Crippen LogP contribution in [0.25, 0.3) is 0 Å². The van der Waals surface area contributed by atoms with Gasteiger partial charge in [-0.15, -0.1) is 0 Å². The summed E-state index contributed by atoms with van der Waals surface area (Å²) in [6, 6.07) is 5.74. The van der Waals surface area contributed by atoms with Crippen LogP contribution in [-0.2, 0) is 9.59 Å². The summed E-state index contributed by atoms with van der Waals surface area (Å²) in [6.07, 6.45) is 1.35. The number of guanidine groups is 1. The van der Waals surface area contributed by atoms with Crippen LogP contribution in [0.1, 0.15) is 25.3 Å². The monoisotopic (exact) mass is 336 g/mol. The van der Waals surface area contributed by atoms with Crippen molar-refractivity contribution in [1.82, 2.24) is 9.91 Å². The number of aryl methyl sites for hydroxylation is 1. The van der Waals surface area contributed by atoms with E-state index in [0.717, 1.165) is 12.0 Å². The lowest BCUT2D eigenvalue weighted by Gasteiger charge is -2.35. The second-order valence-corrected chi connectivity index (χ2v) is 5.94. The molecule has 24 heavy (non-hydrogen) atoms. The predicted molar refractivity (Wildman–Crippen MR) is 91.9 cm³/mol. The van der Waals surface area contributed by atoms with E-state index in [1.165, 1.54) is 10.0 Å². The summed E-state index contributed by atoms with van der Waals surface area (Å²) >= 11 is 0. The molecule has 0 spiro atoms. The summed E-state index contributed by atoms with van der Waals surface area (Å²) in [5.41, 5.74) is 2.42. The van der Waals surface area contributed by atoms with Crippen molar-refractivity contribution in [3.05, 3.63) is 23.8 Å². The first-order valence-electron chi connectivity index (χ1n) is 7.50. The highest BCUT2D eigenvalue weighted by Crippen LogP contribution is 2.40. The second kappa shape index (κ2) is 6.98. The first-order chi connectivity index (χ1) is 10.5. The molecule has 1 atom stereocenters. The lowest BCUT2D eigenvalue weighted by atomic mass is 10.0. The number of fused-ring (bicyclic) bond motifs is 3. The van der Waals surface area contributed by atoms with Gasteiger partial charge in [-0.1, -0.05) is 19.4 Å². The molecule has 1 unspecified atom stereocenters. The summed E-state index contributed by atoms with van der Waals surface area (Å²) in [4.78, 5) is 31.8. The molecule has 0 radical (unpaired) electrons. The first kappa shape index (κ1) is 19.6. The van der Waals surface area contributed by atoms with Gasteiger partial charge in [-0.2, -0.15) is 5.01 Å². The van der Waals surface area contributed by atoms with Gasteiger partial charge in [-0.05, 0) is 31.0 Å². The molecule has 2 aliphatic heterocycles. The molecule has 3 rings (SSSR count). The zero-order valence-corrected chi connectivity index (χ0v) is 14.3. The van der Waals surface area contributed by atoms with Crippen molar-refractivity contribution in [2.45, 2.75) is 26.7 Å². The third-order valence-electron chi connectivity index (χ3n) is 3.96. The second-order valence-electron chi connectivity index (χ2n) is 5.94. The molecule has 4 N–H and O–H groups in total. The normalized spacial score (nSPS) is 18.3. The van der Waals surface area contributed by atoms with E-state index in [2.05, 4.69) is 4.99 Å². The fourth-order valence-electron chi connectivity index (χ4n) is 2.89. The van der Waals surface area contributed by atoms with E-state index in [4.69, 9.17) is 0 Å². The summed E-state index contributed by atoms with van der Waals surface area (Å²) in [5.74, 6) is -0.477. The Morgan fingerprint density at radius 3 is 2.33 bits per heavy atom. The fourth-order valence-corrected chi connectivity index (χ4v) is 2.89. The smallest absolute Gasteiger partial charge is 0.261 e. The molecule has 1 fully saturated rings. The Labute approximate surface area is 140 Å². The predicted octanol–water partition coefficient (Wildman–Crippen LogP) is 0.415. The van der Waals surface area contributed by atoms with Crippen molar-refractivity contribution in [3.63, 3.8) is 0 Å². The van der Waals surface area contributed by atoms with Crippen LogP contribution in [0.4, 0.5) is 11.4 Å². The Morgan fingerprint density at radius 2 is 1.75 bits per heavy atom. The minimum Gasteiger partial charge on any atom is -0.412 e. The van der Waals surface area contributed by atoms with E-state index >= 15 is 0 Å². The zero-order valence-electron chi connectivity index (χ0n) is 14.3. The summed E-state index contributed by atoms with van der Waals surface area (Å²) in [7, 11) is 3.64. The lowest BCUT2D eigenvalue weighted by Crippen LogP contribution is -2.52. The van der Waals surface area contributed by atoms with Gasteiger partial charge in [0.25, 0.3) is 11.8 Å². The molecule has 1 aromatic carbocycles. The highest BCUT2D eigenvalue weighted by atomic mass is 16.2. The molecule has 1 saturated heterocycles. The van der Waals surface area contributed by atoms with Gasteiger partial charge in [0.15, 0.2) is 0 Å². The van der Waals surface area contributed by atoms with Gasteiger partial charge in [0.2, 0.25) is 5.96 Å². The maximum absolute atomic E-state index is 12.8. The van der Waals surface area contributed by atoms with Crippen molar-refractivity contribution in [2.24, 2.45) is 10.9 Å². The van der Waals surface area contributed by atoms with Gasteiger partial charge in [0, 0.05) is 14.1 Å². The molecule has 8 heteroatoms. The lowest BCUT2D eigenvalue weighted by molar-refractivity contribution is -0.130. The maximum Gasteiger partial charge on any atom is 0.261 e. The van der Waals surface area contributed by atoms with Crippen LogP contribution in [0, 0.1) is 12.8 Å². The van der Waals surface area contributed by atoms with Crippen LogP contribution in [0.15, 0.2) is 23.2 Å². The SMILES string of the molecule is CCCC1C(=O)N2C(N(C)C)=Nc3ccc(C)cc3N2C1=O.O.O. The Morgan fingerprint density at radius 1 is 1.12 bits per heavy atom. The molecular weight excluding hydrogens is 312 g/mol. The average molecular weight is 336 g/mol. The Balaban J connectivity index is 0.00000144. The molecule has 1 aromatic rings. The van der Waals surface area contributed by atoms with Gasteiger partial charge in [-0.25, -0.2) is 10.0 Å². The molecule has 0 aromatic heterocycles. The van der Waals surface area contributed by atoms with Crippen LogP contribution >= 0.6 is 0 Å². The summed E-state index contributed by atoms with van der Waals surface area (Å²) in [6.45, 7) is 3.94. The van der Waals surface area contributed by atoms with Crippen LogP contribution in [0.5, 0.6) is 0 Å². The quantitative estimate of drug-likeness (QED) is 0.728. The van der Waals surface area contributed by atoms with Crippen molar-refractivity contribution in [2.75, 3.05) is 19.1 Å². The van der Waals surface area contributed by atoms with Gasteiger partial charge in [0.1, 0.15) is 5.92 Å². The topological polar surface area (TPSA) is 119 Å². The molecule has 2 heterocycles. The molecule has 2 aliphatic rings. The number of anilines is 1. The highest BCUT2D eigenvalue weighted by Gasteiger charge is 2.50. The minimum atomic E-state index is -0.610. The number of hydrazine groups is 1. The number of hydrogen-bond donors (Lipinski definition) is 0. The number of amides is 2. The van der Waals surface area contributed by atoms with Crippen molar-refractivity contribution in [3.8, 4) is 0 Å². The van der Waals surface area contributed by atoms with Crippen molar-refractivity contribution < 1.29 is 20.5 Å². The van der Waals surface area contributed by atoms with E-state index in [0.29, 0.717) is 23.8 Å². The van der Waals surface area contributed by atoms with Gasteiger partial charge in [-0.3, -0.25) is 9.59 Å². The van der Waals surface area contributed by atoms with E-state index in [-0.39, 0.29) is 22.8 Å². The number of nitrogens with zero attached hydrogens (tertiary/aromatic N) is 4. The van der Waals surface area contributed by atoms with Gasteiger partial charge >= 0.3 is 0 Å². The molecular formula is C16H24N4O4. The largest absolute Gasteiger partial charge is 0.412 e. The molecule has 0 saturated carbocycles. The molecule has 132 valence electrons. The van der Waals surface area contributed by atoms with Crippen LogP contribution in [0.2, 0.25) is 0 Å². The zero-order chi connectivity index (χ0) is 16.0. The first-order valence-corrected chi connectivity index (χ1v) is 7.50. The Hall–Kier alpha value is -2.45. The minimum absolute atomic E-state index is 0. The van der Waals surface area contributed by atoms with Crippen molar-refractivity contribution >= 4 is 29.1 Å². The van der Waals surface area contributed by atoms with E-state index in [1.807, 2.05) is 46.1 Å².